The topological polar surface area (TPSA) is 60.4 Å². The molecule has 0 N–H and O–H groups in total. The first-order valence-electron chi connectivity index (χ1n) is 4.95. The molecule has 0 aliphatic heterocycles. The van der Waals surface area contributed by atoms with E-state index in [0.29, 0.717) is 12.2 Å². The van der Waals surface area contributed by atoms with Crippen LogP contribution < -0.4 is 4.74 Å². The maximum absolute atomic E-state index is 11.6. The van der Waals surface area contributed by atoms with Crippen LogP contribution >= 0.6 is 11.6 Å². The zero-order valence-corrected chi connectivity index (χ0v) is 11.4. The van der Waals surface area contributed by atoms with E-state index in [4.69, 9.17) is 16.3 Å². The second-order valence-electron chi connectivity index (χ2n) is 3.54. The molecule has 4 nitrogen and oxygen atoms in total. The van der Waals surface area contributed by atoms with Crippen LogP contribution in [0.2, 0.25) is 0 Å². The van der Waals surface area contributed by atoms with Crippen molar-refractivity contribution in [2.24, 2.45) is 0 Å². The summed E-state index contributed by atoms with van der Waals surface area (Å²) in [5.74, 6) is 0.196. The lowest BCUT2D eigenvalue weighted by molar-refractivity contribution is 0.108. The van der Waals surface area contributed by atoms with Crippen LogP contribution in [0.25, 0.3) is 0 Å². The monoisotopic (exact) mass is 276 g/mol. The molecule has 0 aromatic heterocycles. The molecule has 0 saturated heterocycles. The van der Waals surface area contributed by atoms with E-state index in [1.807, 2.05) is 0 Å². The Bertz CT molecular complexity index is 549. The molecule has 1 aromatic rings. The van der Waals surface area contributed by atoms with Gasteiger partial charge in [0.25, 0.3) is 5.24 Å². The number of hydrogen-bond acceptors (Lipinski definition) is 4. The maximum Gasteiger partial charge on any atom is 0.252 e. The Morgan fingerprint density at radius 2 is 2.00 bits per heavy atom. The highest BCUT2D eigenvalue weighted by Crippen LogP contribution is 2.31. The minimum absolute atomic E-state index is 0.0681. The quantitative estimate of drug-likeness (QED) is 0.791. The van der Waals surface area contributed by atoms with E-state index in [1.54, 1.807) is 13.8 Å². The standard InChI is InChI=1S/C11H13ClO4S/c1-4-16-10-7(2)8(11(12)13)5-6-9(10)17(3,14)15/h5-6H,4H2,1-3H3. The van der Waals surface area contributed by atoms with Crippen LogP contribution in [0.15, 0.2) is 17.0 Å². The molecule has 0 saturated carbocycles. The van der Waals surface area contributed by atoms with Crippen molar-refractivity contribution in [2.75, 3.05) is 12.9 Å². The van der Waals surface area contributed by atoms with Crippen molar-refractivity contribution in [2.45, 2.75) is 18.7 Å². The normalized spacial score (nSPS) is 11.3. The van der Waals surface area contributed by atoms with Crippen LogP contribution in [0.1, 0.15) is 22.8 Å². The first-order valence-corrected chi connectivity index (χ1v) is 7.22. The summed E-state index contributed by atoms with van der Waals surface area (Å²) >= 11 is 5.40. The van der Waals surface area contributed by atoms with Crippen LogP contribution in [0.5, 0.6) is 5.75 Å². The van der Waals surface area contributed by atoms with E-state index >= 15 is 0 Å². The van der Waals surface area contributed by atoms with Gasteiger partial charge in [-0.05, 0) is 37.6 Å². The van der Waals surface area contributed by atoms with Crippen molar-refractivity contribution in [1.82, 2.24) is 0 Å². The van der Waals surface area contributed by atoms with Gasteiger partial charge in [0, 0.05) is 17.4 Å². The fourth-order valence-corrected chi connectivity index (χ4v) is 2.56. The molecule has 0 radical (unpaired) electrons. The summed E-state index contributed by atoms with van der Waals surface area (Å²) in [5, 5.41) is -0.636. The number of ether oxygens (including phenoxy) is 1. The van der Waals surface area contributed by atoms with E-state index < -0.39 is 15.1 Å². The van der Waals surface area contributed by atoms with Gasteiger partial charge in [-0.1, -0.05) is 0 Å². The summed E-state index contributed by atoms with van der Waals surface area (Å²) in [5.41, 5.74) is 0.692. The van der Waals surface area contributed by atoms with Gasteiger partial charge in [0.1, 0.15) is 10.6 Å². The predicted molar refractivity (Wildman–Crippen MR) is 65.6 cm³/mol. The number of carbonyl (C=O) groups excluding carboxylic acids is 1. The summed E-state index contributed by atoms with van der Waals surface area (Å²) in [7, 11) is -3.40. The van der Waals surface area contributed by atoms with E-state index in [-0.39, 0.29) is 16.2 Å². The van der Waals surface area contributed by atoms with E-state index in [9.17, 15) is 13.2 Å². The molecule has 6 heteroatoms. The molecule has 0 amide bonds. The van der Waals surface area contributed by atoms with E-state index in [2.05, 4.69) is 0 Å². The molecular weight excluding hydrogens is 264 g/mol. The third-order valence-corrected chi connectivity index (χ3v) is 3.59. The van der Waals surface area contributed by atoms with Gasteiger partial charge in [-0.25, -0.2) is 8.42 Å². The van der Waals surface area contributed by atoms with Crippen molar-refractivity contribution in [3.05, 3.63) is 23.3 Å². The minimum atomic E-state index is -3.40. The highest BCUT2D eigenvalue weighted by molar-refractivity contribution is 7.90. The molecule has 1 rings (SSSR count). The van der Waals surface area contributed by atoms with Gasteiger partial charge < -0.3 is 4.74 Å². The lowest BCUT2D eigenvalue weighted by atomic mass is 10.1. The summed E-state index contributed by atoms with van der Waals surface area (Å²) < 4.78 is 28.4. The minimum Gasteiger partial charge on any atom is -0.492 e. The molecule has 17 heavy (non-hydrogen) atoms. The molecule has 0 aliphatic rings. The Morgan fingerprint density at radius 1 is 1.41 bits per heavy atom. The Hall–Kier alpha value is -1.07. The van der Waals surface area contributed by atoms with Crippen LogP contribution in [0.3, 0.4) is 0 Å². The maximum atomic E-state index is 11.6. The molecule has 0 spiro atoms. The molecule has 0 heterocycles. The third-order valence-electron chi connectivity index (χ3n) is 2.27. The summed E-state index contributed by atoms with van der Waals surface area (Å²) in [6, 6.07) is 2.73. The van der Waals surface area contributed by atoms with E-state index in [1.165, 1.54) is 12.1 Å². The Morgan fingerprint density at radius 3 is 2.41 bits per heavy atom. The average molecular weight is 277 g/mol. The number of halogens is 1. The smallest absolute Gasteiger partial charge is 0.252 e. The number of sulfone groups is 1. The third kappa shape index (κ3) is 2.98. The van der Waals surface area contributed by atoms with Gasteiger partial charge in [-0.3, -0.25) is 4.79 Å². The second-order valence-corrected chi connectivity index (χ2v) is 5.87. The SMILES string of the molecule is CCOc1c(S(C)(=O)=O)ccc(C(=O)Cl)c1C. The zero-order chi connectivity index (χ0) is 13.2. The molecule has 1 aromatic carbocycles. The fraction of sp³-hybridized carbons (Fsp3) is 0.364. The lowest BCUT2D eigenvalue weighted by Crippen LogP contribution is -2.07. The summed E-state index contributed by atoms with van der Waals surface area (Å²) in [4.78, 5) is 11.2. The van der Waals surface area contributed by atoms with Crippen molar-refractivity contribution < 1.29 is 17.9 Å². The largest absolute Gasteiger partial charge is 0.492 e. The summed E-state index contributed by atoms with van der Waals surface area (Å²) in [6.07, 6.45) is 1.09. The van der Waals surface area contributed by atoms with Gasteiger partial charge in [-0.15, -0.1) is 0 Å². The van der Waals surface area contributed by atoms with Gasteiger partial charge in [0.15, 0.2) is 9.84 Å². The number of carbonyl (C=O) groups is 1. The Balaban J connectivity index is 3.56. The molecule has 94 valence electrons. The molecular formula is C11H13ClO4S. The Labute approximate surface area is 105 Å². The van der Waals surface area contributed by atoms with Crippen molar-refractivity contribution in [3.63, 3.8) is 0 Å². The number of hydrogen-bond donors (Lipinski definition) is 0. The van der Waals surface area contributed by atoms with E-state index in [0.717, 1.165) is 6.26 Å². The molecule has 0 bridgehead atoms. The lowest BCUT2D eigenvalue weighted by Gasteiger charge is -2.13. The van der Waals surface area contributed by atoms with Gasteiger partial charge in [-0.2, -0.15) is 0 Å². The van der Waals surface area contributed by atoms with Crippen LogP contribution in [0, 0.1) is 6.92 Å². The van der Waals surface area contributed by atoms with Crippen molar-refractivity contribution in [1.29, 1.82) is 0 Å². The average Bonchev–Trinajstić information content (AvgIpc) is 2.18. The van der Waals surface area contributed by atoms with Gasteiger partial charge >= 0.3 is 0 Å². The molecule has 0 atom stereocenters. The molecule has 0 unspecified atom stereocenters. The first kappa shape index (κ1) is 14.0. The summed E-state index contributed by atoms with van der Waals surface area (Å²) in [6.45, 7) is 3.65. The predicted octanol–water partition coefficient (Wildman–Crippen LogP) is 2.18. The van der Waals surface area contributed by atoms with Gasteiger partial charge in [0.2, 0.25) is 0 Å². The second kappa shape index (κ2) is 5.06. The van der Waals surface area contributed by atoms with Crippen molar-refractivity contribution >= 4 is 26.7 Å². The van der Waals surface area contributed by atoms with Gasteiger partial charge in [0.05, 0.1) is 6.61 Å². The number of rotatable bonds is 4. The highest BCUT2D eigenvalue weighted by atomic mass is 35.5. The Kier molecular flexibility index (Phi) is 4.16. The first-order chi connectivity index (χ1) is 7.79. The molecule has 0 fully saturated rings. The number of benzene rings is 1. The van der Waals surface area contributed by atoms with Crippen molar-refractivity contribution in [3.8, 4) is 5.75 Å². The zero-order valence-electron chi connectivity index (χ0n) is 9.78. The molecule has 0 aliphatic carbocycles. The van der Waals surface area contributed by atoms with Crippen LogP contribution in [-0.2, 0) is 9.84 Å². The highest BCUT2D eigenvalue weighted by Gasteiger charge is 2.20. The van der Waals surface area contributed by atoms with Crippen LogP contribution in [-0.4, -0.2) is 26.5 Å². The van der Waals surface area contributed by atoms with Crippen LogP contribution in [0.4, 0.5) is 0 Å². The fourth-order valence-electron chi connectivity index (χ4n) is 1.50.